The summed E-state index contributed by atoms with van der Waals surface area (Å²) in [6.07, 6.45) is 3.23. The summed E-state index contributed by atoms with van der Waals surface area (Å²) < 4.78 is 26.2. The molecule has 0 saturated carbocycles. The van der Waals surface area contributed by atoms with E-state index in [-0.39, 0.29) is 18.9 Å². The van der Waals surface area contributed by atoms with E-state index in [0.717, 1.165) is 29.1 Å². The minimum atomic E-state index is -3.43. The first-order valence-electron chi connectivity index (χ1n) is 7.26. The third kappa shape index (κ3) is 5.96. The highest BCUT2D eigenvalue weighted by molar-refractivity contribution is 9.10. The Balaban J connectivity index is 2.78. The maximum atomic E-state index is 12.0. The van der Waals surface area contributed by atoms with E-state index in [1.54, 1.807) is 12.1 Å². The normalized spacial score (nSPS) is 11.3. The SMILES string of the molecule is CCCCNC(=O)CCN(c1ccc(Br)c(C)c1)S(C)(=O)=O. The molecule has 1 aromatic carbocycles. The van der Waals surface area contributed by atoms with Crippen LogP contribution in [0.4, 0.5) is 5.69 Å². The van der Waals surface area contributed by atoms with Gasteiger partial charge in [0.1, 0.15) is 0 Å². The van der Waals surface area contributed by atoms with Crippen molar-refractivity contribution in [2.45, 2.75) is 33.1 Å². The Morgan fingerprint density at radius 2 is 2.05 bits per heavy atom. The summed E-state index contributed by atoms with van der Waals surface area (Å²) in [5.41, 5.74) is 1.52. The van der Waals surface area contributed by atoms with Crippen molar-refractivity contribution in [3.8, 4) is 0 Å². The summed E-state index contributed by atoms with van der Waals surface area (Å²) in [6, 6.07) is 5.33. The Morgan fingerprint density at radius 1 is 1.36 bits per heavy atom. The number of carbonyl (C=O) groups excluding carboxylic acids is 1. The molecule has 1 amide bonds. The Hall–Kier alpha value is -1.08. The largest absolute Gasteiger partial charge is 0.356 e. The molecular weight excluding hydrogens is 368 g/mol. The van der Waals surface area contributed by atoms with E-state index in [9.17, 15) is 13.2 Å². The molecule has 1 rings (SSSR count). The number of carbonyl (C=O) groups is 1. The van der Waals surface area contributed by atoms with Crippen molar-refractivity contribution >= 4 is 37.5 Å². The molecule has 0 unspecified atom stereocenters. The molecule has 0 aliphatic carbocycles. The third-order valence-corrected chi connectivity index (χ3v) is 5.31. The molecule has 0 aromatic heterocycles. The number of nitrogens with zero attached hydrogens (tertiary/aromatic N) is 1. The fourth-order valence-electron chi connectivity index (χ4n) is 1.97. The molecular formula is C15H23BrN2O3S. The predicted octanol–water partition coefficient (Wildman–Crippen LogP) is 2.83. The summed E-state index contributed by atoms with van der Waals surface area (Å²) in [7, 11) is -3.43. The Bertz CT molecular complexity index is 617. The van der Waals surface area contributed by atoms with Gasteiger partial charge < -0.3 is 5.32 Å². The van der Waals surface area contributed by atoms with Crippen molar-refractivity contribution in [1.82, 2.24) is 5.32 Å². The number of unbranched alkanes of at least 4 members (excludes halogenated alkanes) is 1. The van der Waals surface area contributed by atoms with Gasteiger partial charge in [-0.1, -0.05) is 29.3 Å². The second-order valence-corrected chi connectivity index (χ2v) is 7.98. The maximum Gasteiger partial charge on any atom is 0.232 e. The predicted molar refractivity (Wildman–Crippen MR) is 93.6 cm³/mol. The van der Waals surface area contributed by atoms with Gasteiger partial charge in [-0.25, -0.2) is 8.42 Å². The van der Waals surface area contributed by atoms with Gasteiger partial charge in [0.25, 0.3) is 0 Å². The molecule has 7 heteroatoms. The van der Waals surface area contributed by atoms with Gasteiger partial charge in [0.2, 0.25) is 15.9 Å². The number of benzene rings is 1. The first-order valence-corrected chi connectivity index (χ1v) is 9.90. The van der Waals surface area contributed by atoms with Gasteiger partial charge >= 0.3 is 0 Å². The zero-order valence-corrected chi connectivity index (χ0v) is 15.6. The number of aryl methyl sites for hydroxylation is 1. The zero-order valence-electron chi connectivity index (χ0n) is 13.2. The summed E-state index contributed by atoms with van der Waals surface area (Å²) >= 11 is 3.39. The number of amides is 1. The van der Waals surface area contributed by atoms with Gasteiger partial charge in [0, 0.05) is 24.0 Å². The van der Waals surface area contributed by atoms with Crippen LogP contribution in [0.2, 0.25) is 0 Å². The van der Waals surface area contributed by atoms with Crippen molar-refractivity contribution in [3.63, 3.8) is 0 Å². The summed E-state index contributed by atoms with van der Waals surface area (Å²) in [5, 5.41) is 2.79. The molecule has 0 bridgehead atoms. The van der Waals surface area contributed by atoms with Crippen molar-refractivity contribution in [2.75, 3.05) is 23.7 Å². The van der Waals surface area contributed by atoms with E-state index in [1.807, 2.05) is 19.9 Å². The van der Waals surface area contributed by atoms with Gasteiger partial charge in [-0.15, -0.1) is 0 Å². The van der Waals surface area contributed by atoms with E-state index >= 15 is 0 Å². The standard InChI is InChI=1S/C15H23BrN2O3S/c1-4-5-9-17-15(19)8-10-18(22(3,20)21)13-6-7-14(16)12(2)11-13/h6-7,11H,4-5,8-10H2,1-3H3,(H,17,19). The van der Waals surface area contributed by atoms with E-state index in [0.29, 0.717) is 12.2 Å². The lowest BCUT2D eigenvalue weighted by atomic mass is 10.2. The number of anilines is 1. The molecule has 0 saturated heterocycles. The van der Waals surface area contributed by atoms with Crippen LogP contribution in [0.3, 0.4) is 0 Å². The molecule has 0 spiro atoms. The number of hydrogen-bond acceptors (Lipinski definition) is 3. The first kappa shape index (κ1) is 19.0. The number of rotatable bonds is 8. The van der Waals surface area contributed by atoms with Gasteiger partial charge in [-0.2, -0.15) is 0 Å². The lowest BCUT2D eigenvalue weighted by Gasteiger charge is -2.22. The second-order valence-electron chi connectivity index (χ2n) is 5.22. The molecule has 0 aliphatic heterocycles. The molecule has 22 heavy (non-hydrogen) atoms. The van der Waals surface area contributed by atoms with Crippen molar-refractivity contribution in [2.24, 2.45) is 0 Å². The van der Waals surface area contributed by atoms with Crippen LogP contribution in [0, 0.1) is 6.92 Å². The Morgan fingerprint density at radius 3 is 2.59 bits per heavy atom. The molecule has 0 aliphatic rings. The Kier molecular flexibility index (Phi) is 7.35. The fraction of sp³-hybridized carbons (Fsp3) is 0.533. The van der Waals surface area contributed by atoms with E-state index < -0.39 is 10.0 Å². The molecule has 0 atom stereocenters. The smallest absolute Gasteiger partial charge is 0.232 e. The van der Waals surface area contributed by atoms with Crippen molar-refractivity contribution in [1.29, 1.82) is 0 Å². The van der Waals surface area contributed by atoms with E-state index in [1.165, 1.54) is 4.31 Å². The van der Waals surface area contributed by atoms with Crippen LogP contribution in [-0.2, 0) is 14.8 Å². The van der Waals surface area contributed by atoms with Crippen LogP contribution in [0.1, 0.15) is 31.7 Å². The molecule has 1 N–H and O–H groups in total. The molecule has 0 heterocycles. The maximum absolute atomic E-state index is 12.0. The average Bonchev–Trinajstić information content (AvgIpc) is 2.41. The van der Waals surface area contributed by atoms with Crippen LogP contribution in [0.15, 0.2) is 22.7 Å². The second kappa shape index (κ2) is 8.53. The number of halogens is 1. The van der Waals surface area contributed by atoms with Crippen LogP contribution in [0.5, 0.6) is 0 Å². The lowest BCUT2D eigenvalue weighted by molar-refractivity contribution is -0.120. The van der Waals surface area contributed by atoms with Crippen LogP contribution >= 0.6 is 15.9 Å². The molecule has 1 aromatic rings. The van der Waals surface area contributed by atoms with Crippen LogP contribution in [-0.4, -0.2) is 33.7 Å². The van der Waals surface area contributed by atoms with Crippen LogP contribution < -0.4 is 9.62 Å². The highest BCUT2D eigenvalue weighted by Gasteiger charge is 2.19. The highest BCUT2D eigenvalue weighted by Crippen LogP contribution is 2.24. The lowest BCUT2D eigenvalue weighted by Crippen LogP contribution is -2.35. The van der Waals surface area contributed by atoms with Gasteiger partial charge in [-0.05, 0) is 37.1 Å². The van der Waals surface area contributed by atoms with Crippen molar-refractivity contribution < 1.29 is 13.2 Å². The average molecular weight is 391 g/mol. The number of sulfonamides is 1. The summed E-state index contributed by atoms with van der Waals surface area (Å²) in [6.45, 7) is 4.71. The monoisotopic (exact) mass is 390 g/mol. The third-order valence-electron chi connectivity index (χ3n) is 3.22. The quantitative estimate of drug-likeness (QED) is 0.693. The molecule has 0 radical (unpaired) electrons. The van der Waals surface area contributed by atoms with Crippen LogP contribution in [0.25, 0.3) is 0 Å². The van der Waals surface area contributed by atoms with Crippen molar-refractivity contribution in [3.05, 3.63) is 28.2 Å². The van der Waals surface area contributed by atoms with E-state index in [2.05, 4.69) is 21.2 Å². The summed E-state index contributed by atoms with van der Waals surface area (Å²) in [4.78, 5) is 11.8. The first-order chi connectivity index (χ1) is 10.3. The molecule has 124 valence electrons. The highest BCUT2D eigenvalue weighted by atomic mass is 79.9. The Labute approximate surface area is 141 Å². The minimum Gasteiger partial charge on any atom is -0.356 e. The molecule has 5 nitrogen and oxygen atoms in total. The van der Waals surface area contributed by atoms with Gasteiger partial charge in [-0.3, -0.25) is 9.10 Å². The topological polar surface area (TPSA) is 66.5 Å². The molecule has 0 fully saturated rings. The zero-order chi connectivity index (χ0) is 16.8. The minimum absolute atomic E-state index is 0.129. The summed E-state index contributed by atoms with van der Waals surface area (Å²) in [5.74, 6) is -0.129. The van der Waals surface area contributed by atoms with Gasteiger partial charge in [0.05, 0.1) is 11.9 Å². The van der Waals surface area contributed by atoms with E-state index in [4.69, 9.17) is 0 Å². The number of hydrogen-bond donors (Lipinski definition) is 1. The number of nitrogens with one attached hydrogen (secondary N) is 1. The fourth-order valence-corrected chi connectivity index (χ4v) is 3.13. The van der Waals surface area contributed by atoms with Gasteiger partial charge in [0.15, 0.2) is 0 Å².